The van der Waals surface area contributed by atoms with Gasteiger partial charge in [-0.3, -0.25) is 9.59 Å². The third-order valence-corrected chi connectivity index (χ3v) is 5.81. The molecular weight excluding hydrogens is 456 g/mol. The Bertz CT molecular complexity index is 1230. The average molecular weight is 485 g/mol. The monoisotopic (exact) mass is 484 g/mol. The van der Waals surface area contributed by atoms with Gasteiger partial charge < -0.3 is 15.4 Å². The van der Waals surface area contributed by atoms with Crippen molar-refractivity contribution in [2.45, 2.75) is 32.4 Å². The van der Waals surface area contributed by atoms with Crippen LogP contribution in [0.15, 0.2) is 90.0 Å². The molecule has 3 aromatic carbocycles. The Morgan fingerprint density at radius 1 is 0.972 bits per heavy atom. The molecule has 1 heterocycles. The van der Waals surface area contributed by atoms with Crippen molar-refractivity contribution in [3.63, 3.8) is 0 Å². The highest BCUT2D eigenvalue weighted by atomic mass is 16.5. The number of ether oxygens (including phenoxy) is 1. The Kier molecular flexibility index (Phi) is 8.08. The number of carbonyl (C=O) groups is 3. The van der Waals surface area contributed by atoms with Gasteiger partial charge in [0.05, 0.1) is 5.71 Å². The van der Waals surface area contributed by atoms with Gasteiger partial charge in [0.25, 0.3) is 0 Å². The topological polar surface area (TPSA) is 109 Å². The maximum Gasteiger partial charge on any atom is 0.408 e. The quantitative estimate of drug-likeness (QED) is 0.449. The average Bonchev–Trinajstić information content (AvgIpc) is 2.89. The number of rotatable bonds is 8. The minimum atomic E-state index is -0.840. The molecule has 0 spiro atoms. The van der Waals surface area contributed by atoms with Crippen LogP contribution >= 0.6 is 0 Å². The molecule has 0 saturated heterocycles. The van der Waals surface area contributed by atoms with E-state index in [2.05, 4.69) is 21.2 Å². The highest BCUT2D eigenvalue weighted by Gasteiger charge is 2.24. The van der Waals surface area contributed by atoms with Crippen LogP contribution in [0.2, 0.25) is 0 Å². The van der Waals surface area contributed by atoms with Crippen LogP contribution in [0.1, 0.15) is 30.0 Å². The lowest BCUT2D eigenvalue weighted by Crippen LogP contribution is -2.45. The normalized spacial score (nSPS) is 15.8. The number of alkyl carbamates (subject to hydrolysis) is 1. The SMILES string of the molecule is CC1CC(=O)NN=C1c1ccc(NC(=O)[C@H](Cc2ccccc2)NC(=O)OCc2ccccc2)cc1. The summed E-state index contributed by atoms with van der Waals surface area (Å²) < 4.78 is 5.32. The van der Waals surface area contributed by atoms with Crippen LogP contribution < -0.4 is 16.1 Å². The standard InChI is InChI=1S/C28H28N4O4/c1-19-16-25(33)31-32-26(19)22-12-14-23(15-13-22)29-27(34)24(17-20-8-4-2-5-9-20)30-28(35)36-18-21-10-6-3-7-11-21/h2-15,19,24H,16-18H2,1H3,(H,29,34)(H,30,35)(H,31,33)/t19?,24-/m0/s1. The number of hydrogen-bond acceptors (Lipinski definition) is 5. The number of anilines is 1. The number of nitrogens with one attached hydrogen (secondary N) is 3. The second-order valence-electron chi connectivity index (χ2n) is 8.65. The van der Waals surface area contributed by atoms with Gasteiger partial charge in [-0.05, 0) is 28.8 Å². The summed E-state index contributed by atoms with van der Waals surface area (Å²) in [5.74, 6) is -0.464. The van der Waals surface area contributed by atoms with Crippen LogP contribution in [-0.2, 0) is 27.4 Å². The van der Waals surface area contributed by atoms with E-state index >= 15 is 0 Å². The van der Waals surface area contributed by atoms with E-state index in [-0.39, 0.29) is 24.3 Å². The van der Waals surface area contributed by atoms with E-state index in [4.69, 9.17) is 4.74 Å². The molecule has 0 fully saturated rings. The molecular formula is C28H28N4O4. The number of hydrazone groups is 1. The van der Waals surface area contributed by atoms with E-state index in [1.807, 2.05) is 79.7 Å². The zero-order chi connectivity index (χ0) is 25.3. The number of benzene rings is 3. The molecule has 1 aliphatic heterocycles. The third-order valence-electron chi connectivity index (χ3n) is 5.81. The van der Waals surface area contributed by atoms with E-state index in [0.717, 1.165) is 22.4 Å². The molecule has 184 valence electrons. The molecule has 0 saturated carbocycles. The van der Waals surface area contributed by atoms with E-state index in [1.165, 1.54) is 0 Å². The Morgan fingerprint density at radius 2 is 1.61 bits per heavy atom. The van der Waals surface area contributed by atoms with Crippen molar-refractivity contribution >= 4 is 29.3 Å². The summed E-state index contributed by atoms with van der Waals surface area (Å²) in [6, 6.07) is 25.2. The summed E-state index contributed by atoms with van der Waals surface area (Å²) in [7, 11) is 0. The molecule has 36 heavy (non-hydrogen) atoms. The molecule has 8 heteroatoms. The van der Waals surface area contributed by atoms with Crippen molar-refractivity contribution in [1.29, 1.82) is 0 Å². The first-order valence-corrected chi connectivity index (χ1v) is 11.8. The second kappa shape index (κ2) is 11.8. The molecule has 3 aromatic rings. The number of hydrogen-bond donors (Lipinski definition) is 3. The summed E-state index contributed by atoms with van der Waals surface area (Å²) >= 11 is 0. The van der Waals surface area contributed by atoms with E-state index in [0.29, 0.717) is 18.5 Å². The fourth-order valence-corrected chi connectivity index (χ4v) is 3.92. The Labute approximate surface area is 209 Å². The highest BCUT2D eigenvalue weighted by Crippen LogP contribution is 2.19. The first-order valence-electron chi connectivity index (χ1n) is 11.8. The number of amides is 3. The summed E-state index contributed by atoms with van der Waals surface area (Å²) in [5.41, 5.74) is 6.50. The Morgan fingerprint density at radius 3 is 2.25 bits per heavy atom. The third kappa shape index (κ3) is 6.79. The van der Waals surface area contributed by atoms with E-state index in [1.54, 1.807) is 12.1 Å². The van der Waals surface area contributed by atoms with Gasteiger partial charge in [0.15, 0.2) is 0 Å². The fraction of sp³-hybridized carbons (Fsp3) is 0.214. The van der Waals surface area contributed by atoms with Gasteiger partial charge in [-0.2, -0.15) is 5.10 Å². The molecule has 8 nitrogen and oxygen atoms in total. The first-order chi connectivity index (χ1) is 17.5. The van der Waals surface area contributed by atoms with Crippen molar-refractivity contribution in [2.24, 2.45) is 11.0 Å². The predicted octanol–water partition coefficient (Wildman–Crippen LogP) is 4.02. The molecule has 4 rings (SSSR count). The minimum absolute atomic E-state index is 0.000502. The molecule has 2 atom stereocenters. The van der Waals surface area contributed by atoms with Crippen LogP contribution in [0, 0.1) is 5.92 Å². The summed E-state index contributed by atoms with van der Waals surface area (Å²) in [6.45, 7) is 2.06. The Balaban J connectivity index is 1.42. The lowest BCUT2D eigenvalue weighted by Gasteiger charge is -2.20. The molecule has 1 aliphatic rings. The molecule has 1 unspecified atom stereocenters. The van der Waals surface area contributed by atoms with Gasteiger partial charge >= 0.3 is 6.09 Å². The Hall–Kier alpha value is -4.46. The lowest BCUT2D eigenvalue weighted by molar-refractivity contribution is -0.122. The van der Waals surface area contributed by atoms with Crippen molar-refractivity contribution in [3.8, 4) is 0 Å². The molecule has 0 aromatic heterocycles. The van der Waals surface area contributed by atoms with Gasteiger partial charge in [0.1, 0.15) is 12.6 Å². The minimum Gasteiger partial charge on any atom is -0.445 e. The maximum absolute atomic E-state index is 13.1. The maximum atomic E-state index is 13.1. The van der Waals surface area contributed by atoms with Crippen molar-refractivity contribution in [1.82, 2.24) is 10.7 Å². The van der Waals surface area contributed by atoms with E-state index in [9.17, 15) is 14.4 Å². The van der Waals surface area contributed by atoms with Crippen LogP contribution in [-0.4, -0.2) is 29.7 Å². The fourth-order valence-electron chi connectivity index (χ4n) is 3.92. The zero-order valence-electron chi connectivity index (χ0n) is 19.9. The molecule has 3 amide bonds. The van der Waals surface area contributed by atoms with Crippen LogP contribution in [0.25, 0.3) is 0 Å². The largest absolute Gasteiger partial charge is 0.445 e. The molecule has 0 aliphatic carbocycles. The van der Waals surface area contributed by atoms with Crippen LogP contribution in [0.3, 0.4) is 0 Å². The van der Waals surface area contributed by atoms with Crippen molar-refractivity contribution < 1.29 is 19.1 Å². The highest BCUT2D eigenvalue weighted by molar-refractivity contribution is 6.06. The van der Waals surface area contributed by atoms with Crippen LogP contribution in [0.5, 0.6) is 0 Å². The van der Waals surface area contributed by atoms with Gasteiger partial charge in [0, 0.05) is 24.4 Å². The van der Waals surface area contributed by atoms with Gasteiger partial charge in [-0.1, -0.05) is 79.7 Å². The first kappa shape index (κ1) is 24.7. The van der Waals surface area contributed by atoms with Gasteiger partial charge in [-0.25, -0.2) is 10.2 Å². The lowest BCUT2D eigenvalue weighted by atomic mass is 9.94. The van der Waals surface area contributed by atoms with Crippen molar-refractivity contribution in [2.75, 3.05) is 5.32 Å². The summed E-state index contributed by atoms with van der Waals surface area (Å²) in [6.07, 6.45) is 0.0145. The zero-order valence-corrected chi connectivity index (χ0v) is 19.9. The van der Waals surface area contributed by atoms with E-state index < -0.39 is 12.1 Å². The molecule has 0 radical (unpaired) electrons. The smallest absolute Gasteiger partial charge is 0.408 e. The van der Waals surface area contributed by atoms with Crippen LogP contribution in [0.4, 0.5) is 10.5 Å². The van der Waals surface area contributed by atoms with Crippen molar-refractivity contribution in [3.05, 3.63) is 102 Å². The van der Waals surface area contributed by atoms with Gasteiger partial charge in [-0.15, -0.1) is 0 Å². The number of nitrogens with zero attached hydrogens (tertiary/aromatic N) is 1. The summed E-state index contributed by atoms with van der Waals surface area (Å²) in [5, 5.41) is 9.74. The summed E-state index contributed by atoms with van der Waals surface area (Å²) in [4.78, 5) is 37.1. The second-order valence-corrected chi connectivity index (χ2v) is 8.65. The number of carbonyl (C=O) groups excluding carboxylic acids is 3. The van der Waals surface area contributed by atoms with Gasteiger partial charge in [0.2, 0.25) is 11.8 Å². The predicted molar refractivity (Wildman–Crippen MR) is 137 cm³/mol. The molecule has 0 bridgehead atoms. The molecule has 3 N–H and O–H groups in total.